The second kappa shape index (κ2) is 32.2. The van der Waals surface area contributed by atoms with E-state index < -0.39 is 0 Å². The molecule has 8 rings (SSSR count). The number of morpholine rings is 2. The lowest BCUT2D eigenvalue weighted by molar-refractivity contribution is 0.0341. The summed E-state index contributed by atoms with van der Waals surface area (Å²) < 4.78 is 40.2. The fourth-order valence-corrected chi connectivity index (χ4v) is 7.93. The summed E-state index contributed by atoms with van der Waals surface area (Å²) in [7, 11) is 1.69. The minimum Gasteiger partial charge on any atom is -0.494 e. The molecule has 4 aromatic carbocycles. The van der Waals surface area contributed by atoms with Crippen molar-refractivity contribution in [2.75, 3.05) is 86.1 Å². The molecule has 0 atom stereocenters. The number of ether oxygens (including phenoxy) is 7. The highest BCUT2D eigenvalue weighted by molar-refractivity contribution is 6.31. The van der Waals surface area contributed by atoms with Crippen LogP contribution < -0.4 is 23.7 Å². The van der Waals surface area contributed by atoms with Crippen molar-refractivity contribution in [3.05, 3.63) is 125 Å². The van der Waals surface area contributed by atoms with E-state index in [1.807, 2.05) is 54.6 Å². The Labute approximate surface area is 436 Å². The van der Waals surface area contributed by atoms with Crippen molar-refractivity contribution >= 4 is 94.6 Å². The molecule has 2 aliphatic heterocycles. The van der Waals surface area contributed by atoms with E-state index in [1.165, 1.54) is 11.1 Å². The fourth-order valence-electron chi connectivity index (χ4n) is 7.60. The summed E-state index contributed by atoms with van der Waals surface area (Å²) in [5, 5.41) is 3.33. The van der Waals surface area contributed by atoms with Crippen LogP contribution in [0.15, 0.2) is 103 Å². The Kier molecular flexibility index (Phi) is 27.8. The van der Waals surface area contributed by atoms with Crippen molar-refractivity contribution in [3.63, 3.8) is 0 Å². The van der Waals surface area contributed by atoms with E-state index in [1.54, 1.807) is 19.5 Å². The maximum absolute atomic E-state index is 6.05. The zero-order valence-electron chi connectivity index (χ0n) is 38.5. The van der Waals surface area contributed by atoms with Gasteiger partial charge in [0.2, 0.25) is 0 Å². The standard InChI is InChI=1S/C26H31ClN2O4.C25H29ClN2O3.4ClH/c1-30-26-17-20(19-29-11-15-31-16-12-29)5-8-25(26)33-14-4-2-3-13-32-24-9-10-28-23-18-21(27)6-7-22(23)24;26-21-6-9-23-24(18-21)27-11-10-25(23)31-15-3-1-2-14-30-22-7-4-20(5-8-22)19-28-12-16-29-17-13-28;;;;/h5-10,17-18H,2-4,11-16,19H2,1H3;4-11,18H,1-3,12-17,19H2;4*1H. The van der Waals surface area contributed by atoms with E-state index in [9.17, 15) is 0 Å². The van der Waals surface area contributed by atoms with Gasteiger partial charge in [0.25, 0.3) is 0 Å². The Morgan fingerprint density at radius 3 is 1.40 bits per heavy atom. The van der Waals surface area contributed by atoms with Crippen LogP contribution in [0, 0.1) is 0 Å². The van der Waals surface area contributed by atoms with E-state index >= 15 is 0 Å². The van der Waals surface area contributed by atoms with E-state index in [2.05, 4.69) is 56.2 Å². The third kappa shape index (κ3) is 18.9. The van der Waals surface area contributed by atoms with Gasteiger partial charge in [0, 0.05) is 72.5 Å². The minimum absolute atomic E-state index is 0. The number of rotatable bonds is 21. The van der Waals surface area contributed by atoms with Crippen LogP contribution in [0.3, 0.4) is 0 Å². The van der Waals surface area contributed by atoms with Crippen molar-refractivity contribution in [3.8, 4) is 28.7 Å². The van der Waals surface area contributed by atoms with Gasteiger partial charge in [-0.2, -0.15) is 0 Å². The molecule has 0 aliphatic carbocycles. The van der Waals surface area contributed by atoms with Crippen LogP contribution >= 0.6 is 72.8 Å². The zero-order valence-corrected chi connectivity index (χ0v) is 43.3. The number of methoxy groups -OCH3 is 1. The molecule has 17 heteroatoms. The lowest BCUT2D eigenvalue weighted by Crippen LogP contribution is -2.35. The van der Waals surface area contributed by atoms with Crippen LogP contribution in [-0.2, 0) is 22.6 Å². The summed E-state index contributed by atoms with van der Waals surface area (Å²) in [6.07, 6.45) is 9.49. The molecule has 0 saturated carbocycles. The van der Waals surface area contributed by atoms with Crippen LogP contribution in [0.2, 0.25) is 10.0 Å². The first kappa shape index (κ1) is 58.6. The Hall–Kier alpha value is -3.72. The molecule has 0 N–H and O–H groups in total. The van der Waals surface area contributed by atoms with Gasteiger partial charge in [0.05, 0.1) is 71.0 Å². The molecule has 11 nitrogen and oxygen atoms in total. The van der Waals surface area contributed by atoms with Gasteiger partial charge in [-0.15, -0.1) is 49.6 Å². The van der Waals surface area contributed by atoms with Crippen LogP contribution in [0.4, 0.5) is 0 Å². The zero-order chi connectivity index (χ0) is 44.2. The number of aromatic nitrogens is 2. The van der Waals surface area contributed by atoms with E-state index in [4.69, 9.17) is 56.4 Å². The molecule has 0 unspecified atom stereocenters. The number of fused-ring (bicyclic) bond motifs is 2. The van der Waals surface area contributed by atoms with Crippen LogP contribution in [0.5, 0.6) is 28.7 Å². The summed E-state index contributed by atoms with van der Waals surface area (Å²) in [6, 6.07) is 29.8. The number of halogens is 6. The summed E-state index contributed by atoms with van der Waals surface area (Å²) in [6.45, 7) is 11.8. The molecular weight excluding hydrogens is 993 g/mol. The molecule has 2 fully saturated rings. The maximum atomic E-state index is 6.05. The number of benzene rings is 4. The molecule has 2 saturated heterocycles. The Bertz CT molecular complexity index is 2340. The van der Waals surface area contributed by atoms with Gasteiger partial charge < -0.3 is 33.2 Å². The van der Waals surface area contributed by atoms with E-state index in [-0.39, 0.29) is 49.6 Å². The average molecular weight is 1060 g/mol. The van der Waals surface area contributed by atoms with Gasteiger partial charge in [0.1, 0.15) is 17.2 Å². The number of nitrogens with zero attached hydrogens (tertiary/aromatic N) is 4. The fraction of sp³-hybridized carbons (Fsp3) is 0.412. The first-order chi connectivity index (χ1) is 31.5. The second-order valence-electron chi connectivity index (χ2n) is 15.9. The summed E-state index contributed by atoms with van der Waals surface area (Å²) in [4.78, 5) is 13.5. The number of hydrogen-bond donors (Lipinski definition) is 0. The monoisotopic (exact) mass is 1050 g/mol. The Balaban J connectivity index is 0.000000341. The molecule has 0 spiro atoms. The van der Waals surface area contributed by atoms with Crippen LogP contribution in [-0.4, -0.2) is 106 Å². The molecule has 2 aliphatic rings. The van der Waals surface area contributed by atoms with Gasteiger partial charge in [-0.25, -0.2) is 0 Å². The van der Waals surface area contributed by atoms with Crippen LogP contribution in [0.1, 0.15) is 49.7 Å². The molecule has 4 heterocycles. The van der Waals surface area contributed by atoms with Crippen molar-refractivity contribution < 1.29 is 33.2 Å². The Morgan fingerprint density at radius 2 is 0.912 bits per heavy atom. The SMILES string of the molecule is COc1cc(CN2CCOCC2)ccc1OCCCCCOc1ccnc2cc(Cl)ccc12.Cl.Cl.Cl.Cl.Clc1ccc2c(OCCCCCOc3ccc(CN4CCOCC4)cc3)ccnc2c1. The van der Waals surface area contributed by atoms with E-state index in [0.717, 1.165) is 161 Å². The first-order valence-electron chi connectivity index (χ1n) is 22.5. The summed E-state index contributed by atoms with van der Waals surface area (Å²) in [5.41, 5.74) is 4.24. The van der Waals surface area contributed by atoms with Gasteiger partial charge in [0.15, 0.2) is 11.5 Å². The summed E-state index contributed by atoms with van der Waals surface area (Å²) in [5.74, 6) is 4.21. The third-order valence-corrected chi connectivity index (χ3v) is 11.6. The van der Waals surface area contributed by atoms with Crippen LogP contribution in [0.25, 0.3) is 21.8 Å². The highest BCUT2D eigenvalue weighted by Gasteiger charge is 2.14. The first-order valence-corrected chi connectivity index (χ1v) is 23.2. The van der Waals surface area contributed by atoms with Crippen molar-refractivity contribution in [2.45, 2.75) is 51.6 Å². The predicted octanol–water partition coefficient (Wildman–Crippen LogP) is 12.4. The second-order valence-corrected chi connectivity index (χ2v) is 16.7. The van der Waals surface area contributed by atoms with Gasteiger partial charge in [-0.05, 0) is 122 Å². The topological polar surface area (TPSA) is 96.9 Å². The molecule has 0 bridgehead atoms. The normalized spacial score (nSPS) is 13.6. The largest absolute Gasteiger partial charge is 0.494 e. The quantitative estimate of drug-likeness (QED) is 0.0645. The van der Waals surface area contributed by atoms with Gasteiger partial charge >= 0.3 is 0 Å². The number of unbranched alkanes of at least 4 members (excludes halogenated alkanes) is 4. The smallest absolute Gasteiger partial charge is 0.161 e. The minimum atomic E-state index is 0. The highest BCUT2D eigenvalue weighted by atomic mass is 35.5. The molecule has 372 valence electrons. The number of hydrogen-bond acceptors (Lipinski definition) is 11. The molecule has 0 amide bonds. The molecular formula is C51H64Cl6N4O7. The molecule has 2 aromatic heterocycles. The maximum Gasteiger partial charge on any atom is 0.161 e. The van der Waals surface area contributed by atoms with Crippen molar-refractivity contribution in [2.24, 2.45) is 0 Å². The third-order valence-electron chi connectivity index (χ3n) is 11.1. The Morgan fingerprint density at radius 1 is 0.471 bits per heavy atom. The predicted molar refractivity (Wildman–Crippen MR) is 284 cm³/mol. The number of pyridine rings is 2. The summed E-state index contributed by atoms with van der Waals surface area (Å²) >= 11 is 12.1. The molecule has 68 heavy (non-hydrogen) atoms. The van der Waals surface area contributed by atoms with Gasteiger partial charge in [-0.3, -0.25) is 19.8 Å². The lowest BCUT2D eigenvalue weighted by atomic mass is 10.2. The molecule has 6 aromatic rings. The highest BCUT2D eigenvalue weighted by Crippen LogP contribution is 2.30. The van der Waals surface area contributed by atoms with Crippen molar-refractivity contribution in [1.82, 2.24) is 19.8 Å². The van der Waals surface area contributed by atoms with Gasteiger partial charge in [-0.1, -0.05) is 41.4 Å². The van der Waals surface area contributed by atoms with Crippen molar-refractivity contribution in [1.29, 1.82) is 0 Å². The lowest BCUT2D eigenvalue weighted by Gasteiger charge is -2.26. The average Bonchev–Trinajstić information content (AvgIpc) is 3.32. The molecule has 0 radical (unpaired) electrons. The van der Waals surface area contributed by atoms with E-state index in [0.29, 0.717) is 29.9 Å².